The molecule has 1 aliphatic carbocycles. The molecule has 2 rings (SSSR count). The summed E-state index contributed by atoms with van der Waals surface area (Å²) in [6, 6.07) is 9.13. The molecule has 0 heterocycles. The molecule has 6 heteroatoms. The van der Waals surface area contributed by atoms with Gasteiger partial charge in [0.15, 0.2) is 0 Å². The number of hydrogen-bond acceptors (Lipinski definition) is 2. The lowest BCUT2D eigenvalue weighted by Crippen LogP contribution is -2.40. The minimum Gasteiger partial charge on any atom is -0.445 e. The van der Waals surface area contributed by atoms with Gasteiger partial charge >= 0.3 is 12.3 Å². The van der Waals surface area contributed by atoms with Crippen molar-refractivity contribution in [3.63, 3.8) is 0 Å². The molecule has 1 fully saturated rings. The smallest absolute Gasteiger partial charge is 0.407 e. The maximum atomic E-state index is 12.9. The van der Waals surface area contributed by atoms with E-state index in [9.17, 15) is 18.0 Å². The normalized spacial score (nSPS) is 22.1. The zero-order valence-corrected chi connectivity index (χ0v) is 12.2. The largest absolute Gasteiger partial charge is 0.445 e. The highest BCUT2D eigenvalue weighted by Crippen LogP contribution is 2.41. The van der Waals surface area contributed by atoms with Crippen LogP contribution in [0.15, 0.2) is 30.3 Å². The summed E-state index contributed by atoms with van der Waals surface area (Å²) in [5, 5.41) is 2.46. The summed E-state index contributed by atoms with van der Waals surface area (Å²) < 4.78 is 43.8. The van der Waals surface area contributed by atoms with Crippen molar-refractivity contribution in [2.45, 2.75) is 38.5 Å². The van der Waals surface area contributed by atoms with Crippen LogP contribution in [-0.4, -0.2) is 18.8 Å². The highest BCUT2D eigenvalue weighted by atomic mass is 19.4. The number of halogens is 3. The highest BCUT2D eigenvalue weighted by Gasteiger charge is 2.45. The van der Waals surface area contributed by atoms with E-state index in [1.165, 1.54) is 0 Å². The fraction of sp³-hybridized carbons (Fsp3) is 0.562. The van der Waals surface area contributed by atoms with Crippen LogP contribution in [0.5, 0.6) is 0 Å². The predicted molar refractivity (Wildman–Crippen MR) is 76.1 cm³/mol. The molecular weight excluding hydrogens is 295 g/mol. The lowest BCUT2D eigenvalue weighted by Gasteiger charge is -2.32. The van der Waals surface area contributed by atoms with Crippen molar-refractivity contribution in [3.05, 3.63) is 35.9 Å². The molecule has 0 unspecified atom stereocenters. The molecular formula is C16H20F3NO2. The zero-order chi connectivity index (χ0) is 16.0. The minimum absolute atomic E-state index is 0.0117. The van der Waals surface area contributed by atoms with E-state index in [1.54, 1.807) is 0 Å². The molecule has 3 nitrogen and oxygen atoms in total. The van der Waals surface area contributed by atoms with Crippen LogP contribution in [0.1, 0.15) is 31.2 Å². The molecule has 1 aromatic carbocycles. The number of benzene rings is 1. The van der Waals surface area contributed by atoms with Gasteiger partial charge in [0.2, 0.25) is 0 Å². The van der Waals surface area contributed by atoms with E-state index >= 15 is 0 Å². The number of amides is 1. The van der Waals surface area contributed by atoms with E-state index < -0.39 is 24.1 Å². The van der Waals surface area contributed by atoms with E-state index in [4.69, 9.17) is 4.74 Å². The molecule has 1 N–H and O–H groups in total. The SMILES string of the molecule is O=C(NC[C@H]1CCCC[C@H]1C(F)(F)F)OCc1ccccc1. The molecule has 0 bridgehead atoms. The molecule has 22 heavy (non-hydrogen) atoms. The Labute approximate surface area is 127 Å². The number of nitrogens with one attached hydrogen (secondary N) is 1. The number of alkyl halides is 3. The summed E-state index contributed by atoms with van der Waals surface area (Å²) in [6.45, 7) is 0.123. The predicted octanol–water partition coefficient (Wildman–Crippen LogP) is 4.28. The fourth-order valence-electron chi connectivity index (χ4n) is 2.87. The summed E-state index contributed by atoms with van der Waals surface area (Å²) in [4.78, 5) is 11.6. The van der Waals surface area contributed by atoms with Gasteiger partial charge in [-0.25, -0.2) is 4.79 Å². The molecule has 1 aliphatic rings. The number of carbonyl (C=O) groups is 1. The second-order valence-corrected chi connectivity index (χ2v) is 5.64. The Hall–Kier alpha value is -1.72. The molecule has 0 spiro atoms. The molecule has 0 radical (unpaired) electrons. The van der Waals surface area contributed by atoms with E-state index in [-0.39, 0.29) is 19.6 Å². The van der Waals surface area contributed by atoms with E-state index in [0.29, 0.717) is 12.8 Å². The first-order valence-corrected chi connectivity index (χ1v) is 7.48. The van der Waals surface area contributed by atoms with Gasteiger partial charge in [-0.1, -0.05) is 43.2 Å². The van der Waals surface area contributed by atoms with Crippen molar-refractivity contribution in [3.8, 4) is 0 Å². The summed E-state index contributed by atoms with van der Waals surface area (Å²) >= 11 is 0. The van der Waals surface area contributed by atoms with Crippen LogP contribution in [0.25, 0.3) is 0 Å². The molecule has 0 saturated heterocycles. The maximum Gasteiger partial charge on any atom is 0.407 e. The Morgan fingerprint density at radius 2 is 1.86 bits per heavy atom. The topological polar surface area (TPSA) is 38.3 Å². The van der Waals surface area contributed by atoms with Crippen molar-refractivity contribution in [2.75, 3.05) is 6.54 Å². The van der Waals surface area contributed by atoms with Gasteiger partial charge in [0.1, 0.15) is 6.61 Å². The maximum absolute atomic E-state index is 12.9. The third kappa shape index (κ3) is 4.93. The Kier molecular flexibility index (Phi) is 5.69. The van der Waals surface area contributed by atoms with Crippen molar-refractivity contribution in [2.24, 2.45) is 11.8 Å². The van der Waals surface area contributed by atoms with Gasteiger partial charge in [-0.3, -0.25) is 0 Å². The van der Waals surface area contributed by atoms with Crippen LogP contribution in [0.2, 0.25) is 0 Å². The molecule has 2 atom stereocenters. The number of carbonyl (C=O) groups excluding carboxylic acids is 1. The lowest BCUT2D eigenvalue weighted by atomic mass is 9.79. The Morgan fingerprint density at radius 1 is 1.18 bits per heavy atom. The number of alkyl carbamates (subject to hydrolysis) is 1. The average Bonchev–Trinajstić information content (AvgIpc) is 2.51. The van der Waals surface area contributed by atoms with Gasteiger partial charge in [-0.2, -0.15) is 13.2 Å². The van der Waals surface area contributed by atoms with Gasteiger partial charge in [0.05, 0.1) is 5.92 Å². The van der Waals surface area contributed by atoms with Gasteiger partial charge < -0.3 is 10.1 Å². The molecule has 1 saturated carbocycles. The molecule has 122 valence electrons. The van der Waals surface area contributed by atoms with E-state index in [1.807, 2.05) is 30.3 Å². The third-order valence-electron chi connectivity index (χ3n) is 4.05. The van der Waals surface area contributed by atoms with E-state index in [2.05, 4.69) is 5.32 Å². The van der Waals surface area contributed by atoms with Crippen molar-refractivity contribution in [1.82, 2.24) is 5.32 Å². The zero-order valence-electron chi connectivity index (χ0n) is 12.2. The fourth-order valence-corrected chi connectivity index (χ4v) is 2.87. The Bertz CT molecular complexity index is 476. The van der Waals surface area contributed by atoms with Crippen LogP contribution < -0.4 is 5.32 Å². The van der Waals surface area contributed by atoms with Crippen LogP contribution in [0.4, 0.5) is 18.0 Å². The van der Waals surface area contributed by atoms with Crippen molar-refractivity contribution in [1.29, 1.82) is 0 Å². The van der Waals surface area contributed by atoms with Gasteiger partial charge in [0, 0.05) is 6.54 Å². The summed E-state index contributed by atoms with van der Waals surface area (Å²) in [5.41, 5.74) is 0.837. The standard InChI is InChI=1S/C16H20F3NO2/c17-16(18,19)14-9-5-4-8-13(14)10-20-15(21)22-11-12-6-2-1-3-7-12/h1-3,6-7,13-14H,4-5,8-11H2,(H,20,21)/t13-,14-/m1/s1. The molecule has 0 aliphatic heterocycles. The first-order valence-electron chi connectivity index (χ1n) is 7.48. The molecule has 0 aromatic heterocycles. The first kappa shape index (κ1) is 16.6. The summed E-state index contributed by atoms with van der Waals surface area (Å²) in [6.07, 6.45) is -2.86. The van der Waals surface area contributed by atoms with Gasteiger partial charge in [-0.05, 0) is 24.3 Å². The number of rotatable bonds is 4. The number of hydrogen-bond donors (Lipinski definition) is 1. The molecule has 1 aromatic rings. The Morgan fingerprint density at radius 3 is 2.55 bits per heavy atom. The van der Waals surface area contributed by atoms with Gasteiger partial charge in [-0.15, -0.1) is 0 Å². The summed E-state index contributed by atoms with van der Waals surface area (Å²) in [5.74, 6) is -1.88. The van der Waals surface area contributed by atoms with Crippen molar-refractivity contribution >= 4 is 6.09 Å². The highest BCUT2D eigenvalue weighted by molar-refractivity contribution is 5.67. The van der Waals surface area contributed by atoms with Crippen LogP contribution >= 0.6 is 0 Å². The van der Waals surface area contributed by atoms with E-state index in [0.717, 1.165) is 12.0 Å². The van der Waals surface area contributed by atoms with Crippen molar-refractivity contribution < 1.29 is 22.7 Å². The second kappa shape index (κ2) is 7.51. The second-order valence-electron chi connectivity index (χ2n) is 5.64. The first-order chi connectivity index (χ1) is 10.5. The third-order valence-corrected chi connectivity index (χ3v) is 4.05. The van der Waals surface area contributed by atoms with Crippen LogP contribution in [-0.2, 0) is 11.3 Å². The quantitative estimate of drug-likeness (QED) is 0.900. The van der Waals surface area contributed by atoms with Crippen LogP contribution in [0.3, 0.4) is 0 Å². The average molecular weight is 315 g/mol. The summed E-state index contributed by atoms with van der Waals surface area (Å²) in [7, 11) is 0. The van der Waals surface area contributed by atoms with Gasteiger partial charge in [0.25, 0.3) is 0 Å². The molecule has 1 amide bonds. The lowest BCUT2D eigenvalue weighted by molar-refractivity contribution is -0.195. The Balaban J connectivity index is 1.77. The minimum atomic E-state index is -4.19. The number of ether oxygens (including phenoxy) is 1. The monoisotopic (exact) mass is 315 g/mol. The van der Waals surface area contributed by atoms with Crippen LogP contribution in [0, 0.1) is 11.8 Å².